The molecular weight excluding hydrogens is 302 g/mol. The van der Waals surface area contributed by atoms with Crippen molar-refractivity contribution in [2.75, 3.05) is 6.54 Å². The Hall–Kier alpha value is -2.40. The van der Waals surface area contributed by atoms with Gasteiger partial charge in [0.1, 0.15) is 0 Å². The first-order valence-corrected chi connectivity index (χ1v) is 8.45. The van der Waals surface area contributed by atoms with Crippen molar-refractivity contribution in [2.45, 2.75) is 31.8 Å². The molecule has 3 rings (SSSR count). The second-order valence-corrected chi connectivity index (χ2v) is 6.32. The molecule has 0 radical (unpaired) electrons. The van der Waals surface area contributed by atoms with Gasteiger partial charge >= 0.3 is 0 Å². The number of aromatic nitrogens is 2. The smallest absolute Gasteiger partial charge is 0.244 e. The topological polar surface area (TPSA) is 67.2 Å². The molecule has 2 aromatic rings. The molecule has 1 aromatic carbocycles. The summed E-state index contributed by atoms with van der Waals surface area (Å²) in [5.41, 5.74) is 1.86. The first kappa shape index (κ1) is 16.5. The van der Waals surface area contributed by atoms with Gasteiger partial charge in [0.25, 0.3) is 0 Å². The molecule has 1 aromatic heterocycles. The van der Waals surface area contributed by atoms with Crippen LogP contribution in [-0.2, 0) is 4.79 Å². The molecule has 24 heavy (non-hydrogen) atoms. The second kappa shape index (κ2) is 7.93. The van der Waals surface area contributed by atoms with Gasteiger partial charge in [0.2, 0.25) is 5.91 Å². The van der Waals surface area contributed by atoms with Crippen molar-refractivity contribution in [2.24, 2.45) is 5.92 Å². The van der Waals surface area contributed by atoms with Crippen LogP contribution in [0.4, 0.5) is 0 Å². The van der Waals surface area contributed by atoms with E-state index < -0.39 is 0 Å². The quantitative estimate of drug-likeness (QED) is 0.830. The molecule has 0 aliphatic heterocycles. The third kappa shape index (κ3) is 4.55. The van der Waals surface area contributed by atoms with E-state index in [9.17, 15) is 9.90 Å². The Morgan fingerprint density at radius 2 is 2.17 bits per heavy atom. The minimum absolute atomic E-state index is 0.109. The standard InChI is InChI=1S/C19H23N3O2/c23-18-8-4-5-15(11-18)12-20-19(24)10-9-16-13-21-22(14-16)17-6-2-1-3-7-17/h1-3,6-7,9-10,13-15,18,23H,4-5,8,11-12H2,(H,20,24). The lowest BCUT2D eigenvalue weighted by atomic mass is 9.87. The van der Waals surface area contributed by atoms with Gasteiger partial charge in [-0.25, -0.2) is 4.68 Å². The number of hydrogen-bond donors (Lipinski definition) is 2. The molecule has 0 spiro atoms. The first-order chi connectivity index (χ1) is 11.7. The van der Waals surface area contributed by atoms with E-state index in [0.29, 0.717) is 12.5 Å². The number of hydrogen-bond acceptors (Lipinski definition) is 3. The number of aliphatic hydroxyl groups excluding tert-OH is 1. The van der Waals surface area contributed by atoms with Gasteiger partial charge < -0.3 is 10.4 Å². The Labute approximate surface area is 142 Å². The van der Waals surface area contributed by atoms with E-state index >= 15 is 0 Å². The number of carbonyl (C=O) groups excluding carboxylic acids is 1. The highest BCUT2D eigenvalue weighted by Crippen LogP contribution is 2.23. The third-order valence-corrected chi connectivity index (χ3v) is 4.37. The SMILES string of the molecule is O=C(C=Cc1cnn(-c2ccccc2)c1)NCC1CCCC(O)C1. The highest BCUT2D eigenvalue weighted by molar-refractivity contribution is 5.91. The van der Waals surface area contributed by atoms with E-state index in [4.69, 9.17) is 0 Å². The van der Waals surface area contributed by atoms with Gasteiger partial charge in [-0.15, -0.1) is 0 Å². The summed E-state index contributed by atoms with van der Waals surface area (Å²) in [6.07, 6.45) is 10.5. The Kier molecular flexibility index (Phi) is 5.43. The van der Waals surface area contributed by atoms with Crippen molar-refractivity contribution in [3.8, 4) is 5.69 Å². The summed E-state index contributed by atoms with van der Waals surface area (Å²) in [7, 11) is 0. The molecule has 5 nitrogen and oxygen atoms in total. The second-order valence-electron chi connectivity index (χ2n) is 6.32. The van der Waals surface area contributed by atoms with E-state index in [2.05, 4.69) is 10.4 Å². The minimum Gasteiger partial charge on any atom is -0.393 e. The first-order valence-electron chi connectivity index (χ1n) is 8.45. The lowest BCUT2D eigenvalue weighted by molar-refractivity contribution is -0.116. The molecule has 2 unspecified atom stereocenters. The molecule has 5 heteroatoms. The van der Waals surface area contributed by atoms with Gasteiger partial charge in [-0.05, 0) is 43.4 Å². The van der Waals surface area contributed by atoms with E-state index in [1.54, 1.807) is 17.0 Å². The fraction of sp³-hybridized carbons (Fsp3) is 0.368. The Morgan fingerprint density at radius 1 is 1.33 bits per heavy atom. The van der Waals surface area contributed by atoms with Gasteiger partial charge in [0.15, 0.2) is 0 Å². The number of benzene rings is 1. The number of carbonyl (C=O) groups is 1. The summed E-state index contributed by atoms with van der Waals surface area (Å²) in [6, 6.07) is 9.84. The number of rotatable bonds is 5. The fourth-order valence-corrected chi connectivity index (χ4v) is 3.07. The maximum absolute atomic E-state index is 11.9. The summed E-state index contributed by atoms with van der Waals surface area (Å²) < 4.78 is 1.78. The summed E-state index contributed by atoms with van der Waals surface area (Å²) >= 11 is 0. The van der Waals surface area contributed by atoms with Gasteiger partial charge in [-0.3, -0.25) is 4.79 Å². The summed E-state index contributed by atoms with van der Waals surface area (Å²) in [4.78, 5) is 11.9. The molecule has 1 aliphatic carbocycles. The van der Waals surface area contributed by atoms with Crippen LogP contribution >= 0.6 is 0 Å². The largest absolute Gasteiger partial charge is 0.393 e. The summed E-state index contributed by atoms with van der Waals surface area (Å²) in [6.45, 7) is 0.628. The van der Waals surface area contributed by atoms with Gasteiger partial charge in [-0.2, -0.15) is 5.10 Å². The molecular formula is C19H23N3O2. The lowest BCUT2D eigenvalue weighted by Gasteiger charge is -2.25. The monoisotopic (exact) mass is 325 g/mol. The summed E-state index contributed by atoms with van der Waals surface area (Å²) in [5.74, 6) is 0.273. The van der Waals surface area contributed by atoms with Crippen LogP contribution in [0.5, 0.6) is 0 Å². The van der Waals surface area contributed by atoms with Crippen LogP contribution in [0.2, 0.25) is 0 Å². The van der Waals surface area contributed by atoms with Crippen molar-refractivity contribution in [1.29, 1.82) is 0 Å². The minimum atomic E-state index is -0.208. The molecule has 1 fully saturated rings. The maximum atomic E-state index is 11.9. The van der Waals surface area contributed by atoms with Crippen molar-refractivity contribution in [1.82, 2.24) is 15.1 Å². The zero-order valence-corrected chi connectivity index (χ0v) is 13.6. The van der Waals surface area contributed by atoms with Crippen LogP contribution < -0.4 is 5.32 Å². The predicted molar refractivity (Wildman–Crippen MR) is 93.6 cm³/mol. The van der Waals surface area contributed by atoms with Gasteiger partial charge in [0.05, 0.1) is 18.0 Å². The van der Waals surface area contributed by atoms with E-state index in [1.807, 2.05) is 36.5 Å². The van der Waals surface area contributed by atoms with Gasteiger partial charge in [0, 0.05) is 24.4 Å². The van der Waals surface area contributed by atoms with Crippen molar-refractivity contribution in [3.05, 3.63) is 54.4 Å². The third-order valence-electron chi connectivity index (χ3n) is 4.37. The van der Waals surface area contributed by atoms with Crippen LogP contribution in [-0.4, -0.2) is 33.4 Å². The molecule has 0 saturated heterocycles. The van der Waals surface area contributed by atoms with E-state index in [-0.39, 0.29) is 12.0 Å². The Balaban J connectivity index is 1.50. The Bertz CT molecular complexity index is 694. The molecule has 2 N–H and O–H groups in total. The average Bonchev–Trinajstić information content (AvgIpc) is 3.08. The van der Waals surface area contributed by atoms with Crippen LogP contribution in [0, 0.1) is 5.92 Å². The van der Waals surface area contributed by atoms with Crippen LogP contribution in [0.1, 0.15) is 31.2 Å². The van der Waals surface area contributed by atoms with Crippen molar-refractivity contribution < 1.29 is 9.90 Å². The molecule has 1 heterocycles. The number of nitrogens with one attached hydrogen (secondary N) is 1. The predicted octanol–water partition coefficient (Wildman–Crippen LogP) is 2.55. The zero-order valence-electron chi connectivity index (χ0n) is 13.6. The molecule has 0 bridgehead atoms. The lowest BCUT2D eigenvalue weighted by Crippen LogP contribution is -2.32. The molecule has 1 amide bonds. The normalized spacial score (nSPS) is 21.0. The number of para-hydroxylation sites is 1. The van der Waals surface area contributed by atoms with Crippen molar-refractivity contribution in [3.63, 3.8) is 0 Å². The Morgan fingerprint density at radius 3 is 2.96 bits per heavy atom. The molecule has 1 saturated carbocycles. The number of nitrogens with zero attached hydrogens (tertiary/aromatic N) is 2. The number of amides is 1. The van der Waals surface area contributed by atoms with Gasteiger partial charge in [-0.1, -0.05) is 24.6 Å². The number of aliphatic hydroxyl groups is 1. The van der Waals surface area contributed by atoms with E-state index in [1.165, 1.54) is 6.08 Å². The van der Waals surface area contributed by atoms with Crippen LogP contribution in [0.15, 0.2) is 48.8 Å². The molecule has 1 aliphatic rings. The average molecular weight is 325 g/mol. The zero-order chi connectivity index (χ0) is 16.8. The van der Waals surface area contributed by atoms with Crippen LogP contribution in [0.25, 0.3) is 11.8 Å². The summed E-state index contributed by atoms with van der Waals surface area (Å²) in [5, 5.41) is 16.9. The van der Waals surface area contributed by atoms with E-state index in [0.717, 1.165) is 36.9 Å². The van der Waals surface area contributed by atoms with Crippen molar-refractivity contribution >= 4 is 12.0 Å². The van der Waals surface area contributed by atoms with Crippen LogP contribution in [0.3, 0.4) is 0 Å². The highest BCUT2D eigenvalue weighted by atomic mass is 16.3. The molecule has 126 valence electrons. The molecule has 2 atom stereocenters. The maximum Gasteiger partial charge on any atom is 0.244 e. The highest BCUT2D eigenvalue weighted by Gasteiger charge is 2.20. The fourth-order valence-electron chi connectivity index (χ4n) is 3.07.